The van der Waals surface area contributed by atoms with Gasteiger partial charge in [0.1, 0.15) is 22.1 Å². The van der Waals surface area contributed by atoms with Crippen molar-refractivity contribution in [3.8, 4) is 11.5 Å². The minimum absolute atomic E-state index is 0.123. The second-order valence-corrected chi connectivity index (χ2v) is 12.4. The van der Waals surface area contributed by atoms with Crippen LogP contribution in [0.3, 0.4) is 0 Å². The van der Waals surface area contributed by atoms with Crippen molar-refractivity contribution in [2.75, 3.05) is 13.2 Å². The van der Waals surface area contributed by atoms with Crippen LogP contribution in [-0.2, 0) is 36.3 Å². The number of carboxylic acids is 1. The second-order valence-electron chi connectivity index (χ2n) is 8.95. The highest BCUT2D eigenvalue weighted by molar-refractivity contribution is 7.91. The fourth-order valence-electron chi connectivity index (χ4n) is 3.63. The van der Waals surface area contributed by atoms with Gasteiger partial charge in [-0.05, 0) is 53.9 Å². The van der Waals surface area contributed by atoms with Crippen LogP contribution in [0.2, 0.25) is 0 Å². The van der Waals surface area contributed by atoms with Crippen LogP contribution in [0.15, 0.2) is 87.7 Å². The number of hydroxylamine groups is 1. The average molecular weight is 621 g/mol. The number of hydrogen-bond acceptors (Lipinski definition) is 9. The lowest BCUT2D eigenvalue weighted by Gasteiger charge is -2.23. The molecule has 0 spiro atoms. The zero-order chi connectivity index (χ0) is 30.8. The molecule has 226 valence electrons. The molecule has 0 unspecified atom stereocenters. The SMILES string of the molecule is CCCON=C(N)NOc1cc(C)cc(OS(=O)(=O)c2ccccc2S(=O)(=O)N(CCC(=O)O)Cc2ccccc2)c1. The summed E-state index contributed by atoms with van der Waals surface area (Å²) in [5, 5.41) is 12.8. The number of nitrogens with two attached hydrogens (primary N) is 1. The Labute approximate surface area is 244 Å². The van der Waals surface area contributed by atoms with E-state index in [0.29, 0.717) is 17.7 Å². The molecule has 0 saturated heterocycles. The molecule has 0 heterocycles. The zero-order valence-corrected chi connectivity index (χ0v) is 24.6. The molecule has 0 saturated carbocycles. The van der Waals surface area contributed by atoms with Gasteiger partial charge in [0.2, 0.25) is 10.0 Å². The Morgan fingerprint density at radius 3 is 2.29 bits per heavy atom. The first-order chi connectivity index (χ1) is 19.9. The van der Waals surface area contributed by atoms with E-state index in [1.807, 2.05) is 6.92 Å². The number of benzene rings is 3. The number of nitrogens with one attached hydrogen (secondary N) is 1. The van der Waals surface area contributed by atoms with Gasteiger partial charge in [-0.2, -0.15) is 18.2 Å². The predicted octanol–water partition coefficient (Wildman–Crippen LogP) is 2.97. The summed E-state index contributed by atoms with van der Waals surface area (Å²) in [6, 6.07) is 17.7. The maximum atomic E-state index is 13.8. The van der Waals surface area contributed by atoms with Crippen molar-refractivity contribution in [3.05, 3.63) is 83.9 Å². The molecule has 4 N–H and O–H groups in total. The molecule has 0 amide bonds. The van der Waals surface area contributed by atoms with Crippen LogP contribution in [0, 0.1) is 6.92 Å². The molecule has 3 aromatic rings. The van der Waals surface area contributed by atoms with E-state index in [1.54, 1.807) is 43.3 Å². The van der Waals surface area contributed by atoms with Crippen molar-refractivity contribution >= 4 is 32.1 Å². The van der Waals surface area contributed by atoms with E-state index < -0.39 is 42.3 Å². The smallest absolute Gasteiger partial charge is 0.340 e. The molecule has 0 fully saturated rings. The minimum Gasteiger partial charge on any atom is -0.481 e. The molecule has 13 nitrogen and oxygen atoms in total. The van der Waals surface area contributed by atoms with E-state index in [1.165, 1.54) is 24.3 Å². The van der Waals surface area contributed by atoms with Crippen LogP contribution in [-0.4, -0.2) is 51.3 Å². The lowest BCUT2D eigenvalue weighted by Crippen LogP contribution is -2.34. The molecule has 0 atom stereocenters. The van der Waals surface area contributed by atoms with Gasteiger partial charge in [0.05, 0.1) is 6.42 Å². The number of carbonyl (C=O) groups is 1. The number of nitrogens with zero attached hydrogens (tertiary/aromatic N) is 2. The summed E-state index contributed by atoms with van der Waals surface area (Å²) in [4.78, 5) is 20.4. The summed E-state index contributed by atoms with van der Waals surface area (Å²) in [5.74, 6) is -1.43. The highest BCUT2D eigenvalue weighted by atomic mass is 32.2. The number of rotatable bonds is 15. The van der Waals surface area contributed by atoms with E-state index in [0.717, 1.165) is 22.9 Å². The third kappa shape index (κ3) is 9.09. The van der Waals surface area contributed by atoms with E-state index in [4.69, 9.17) is 19.6 Å². The first-order valence-electron chi connectivity index (χ1n) is 12.7. The molecular formula is C27H32N4O9S2. The van der Waals surface area contributed by atoms with Gasteiger partial charge in [-0.25, -0.2) is 8.42 Å². The quantitative estimate of drug-likeness (QED) is 0.0745. The highest BCUT2D eigenvalue weighted by Crippen LogP contribution is 2.30. The topological polar surface area (TPSA) is 187 Å². The summed E-state index contributed by atoms with van der Waals surface area (Å²) in [5.41, 5.74) is 9.16. The van der Waals surface area contributed by atoms with Gasteiger partial charge in [0.25, 0.3) is 5.96 Å². The Balaban J connectivity index is 1.91. The standard InChI is InChI=1S/C27H32N4O9S2/c1-3-15-38-29-27(28)30-39-22-16-20(2)17-23(18-22)40-42(36,37)25-12-8-7-11-24(25)41(34,35)31(14-13-26(32)33)19-21-9-5-4-6-10-21/h4-12,16-18H,3,13-15,19H2,1-2H3,(H,32,33)(H3,28,29,30). The van der Waals surface area contributed by atoms with E-state index in [2.05, 4.69) is 10.6 Å². The van der Waals surface area contributed by atoms with Crippen molar-refractivity contribution in [1.29, 1.82) is 0 Å². The molecule has 0 aliphatic heterocycles. The summed E-state index contributed by atoms with van der Waals surface area (Å²) >= 11 is 0. The molecule has 3 rings (SSSR count). The van der Waals surface area contributed by atoms with Crippen molar-refractivity contribution in [3.63, 3.8) is 0 Å². The number of hydrogen-bond donors (Lipinski definition) is 3. The number of guanidine groups is 1. The summed E-state index contributed by atoms with van der Waals surface area (Å²) < 4.78 is 60.7. The van der Waals surface area contributed by atoms with Crippen molar-refractivity contribution in [2.24, 2.45) is 10.9 Å². The first kappa shape index (κ1) is 32.2. The number of oxime groups is 1. The largest absolute Gasteiger partial charge is 0.481 e. The molecule has 15 heteroatoms. The zero-order valence-electron chi connectivity index (χ0n) is 23.0. The maximum Gasteiger partial charge on any atom is 0.340 e. The van der Waals surface area contributed by atoms with Gasteiger partial charge in [0.15, 0.2) is 5.75 Å². The number of sulfonamides is 1. The van der Waals surface area contributed by atoms with E-state index in [9.17, 15) is 26.7 Å². The van der Waals surface area contributed by atoms with Crippen LogP contribution in [0.5, 0.6) is 11.5 Å². The highest BCUT2D eigenvalue weighted by Gasteiger charge is 2.33. The maximum absolute atomic E-state index is 13.8. The average Bonchev–Trinajstić information content (AvgIpc) is 2.94. The Morgan fingerprint density at radius 1 is 0.976 bits per heavy atom. The predicted molar refractivity (Wildman–Crippen MR) is 153 cm³/mol. The second kappa shape index (κ2) is 14.5. The Hall–Kier alpha value is -4.34. The fourth-order valence-corrected chi connectivity index (χ4v) is 6.75. The van der Waals surface area contributed by atoms with Gasteiger partial charge in [-0.3, -0.25) is 4.79 Å². The minimum atomic E-state index is -4.71. The van der Waals surface area contributed by atoms with Gasteiger partial charge >= 0.3 is 16.1 Å². The van der Waals surface area contributed by atoms with Gasteiger partial charge in [-0.15, -0.1) is 0 Å². The lowest BCUT2D eigenvalue weighted by atomic mass is 10.2. The van der Waals surface area contributed by atoms with Crippen molar-refractivity contribution in [1.82, 2.24) is 9.79 Å². The lowest BCUT2D eigenvalue weighted by molar-refractivity contribution is -0.137. The van der Waals surface area contributed by atoms with Crippen LogP contribution in [0.25, 0.3) is 0 Å². The molecular weight excluding hydrogens is 588 g/mol. The van der Waals surface area contributed by atoms with Crippen LogP contribution in [0.4, 0.5) is 0 Å². The van der Waals surface area contributed by atoms with Crippen molar-refractivity contribution in [2.45, 2.75) is 43.0 Å². The van der Waals surface area contributed by atoms with E-state index in [-0.39, 0.29) is 30.5 Å². The van der Waals surface area contributed by atoms with Gasteiger partial charge in [0, 0.05) is 19.2 Å². The van der Waals surface area contributed by atoms with Crippen LogP contribution in [0.1, 0.15) is 30.9 Å². The summed E-state index contributed by atoms with van der Waals surface area (Å²) in [6.07, 6.45) is 0.236. The number of aryl methyl sites for hydroxylation is 1. The molecule has 3 aromatic carbocycles. The molecule has 0 bridgehead atoms. The molecule has 0 aliphatic rings. The molecule has 0 aromatic heterocycles. The molecule has 0 aliphatic carbocycles. The Kier molecular flexibility index (Phi) is 11.1. The van der Waals surface area contributed by atoms with Gasteiger partial charge in [-0.1, -0.05) is 49.4 Å². The van der Waals surface area contributed by atoms with E-state index >= 15 is 0 Å². The number of carboxylic acid groups (broad SMARTS) is 1. The Morgan fingerprint density at radius 2 is 1.62 bits per heavy atom. The first-order valence-corrected chi connectivity index (χ1v) is 15.6. The third-order valence-electron chi connectivity index (χ3n) is 5.48. The Bertz CT molecular complexity index is 1610. The van der Waals surface area contributed by atoms with Crippen LogP contribution >= 0.6 is 0 Å². The summed E-state index contributed by atoms with van der Waals surface area (Å²) in [7, 11) is -9.22. The fraction of sp³-hybridized carbons (Fsp3) is 0.259. The number of aliphatic carboxylic acids is 1. The van der Waals surface area contributed by atoms with Crippen LogP contribution < -0.4 is 20.2 Å². The molecule has 42 heavy (non-hydrogen) atoms. The molecule has 0 radical (unpaired) electrons. The van der Waals surface area contributed by atoms with Crippen molar-refractivity contribution < 1.29 is 40.6 Å². The summed E-state index contributed by atoms with van der Waals surface area (Å²) in [6.45, 7) is 3.35. The van der Waals surface area contributed by atoms with Gasteiger partial charge < -0.3 is 24.7 Å². The monoisotopic (exact) mass is 620 g/mol. The third-order valence-corrected chi connectivity index (χ3v) is 8.81. The normalized spacial score (nSPS) is 12.1.